The van der Waals surface area contributed by atoms with Crippen molar-refractivity contribution in [1.29, 1.82) is 0 Å². The number of benzene rings is 3. The van der Waals surface area contributed by atoms with E-state index in [1.807, 2.05) is 0 Å². The number of halogens is 6. The molecule has 0 aromatic heterocycles. The maximum atomic E-state index is 12.3. The minimum atomic E-state index is -4.88. The summed E-state index contributed by atoms with van der Waals surface area (Å²) in [6.45, 7) is 0. The first kappa shape index (κ1) is 26.4. The summed E-state index contributed by atoms with van der Waals surface area (Å²) in [6, 6.07) is 17.6. The van der Waals surface area contributed by atoms with Crippen molar-refractivity contribution in [2.75, 3.05) is 0 Å². The van der Waals surface area contributed by atoms with E-state index in [1.165, 1.54) is 48.5 Å². The van der Waals surface area contributed by atoms with Crippen molar-refractivity contribution in [3.63, 3.8) is 0 Å². The Morgan fingerprint density at radius 2 is 0.694 bits per heavy atom. The SMILES string of the molecule is O=C(Cc1ccc(N=Nc2ccc(N=Nc3ccc(CC(=O)C(F)(F)F)cc3)cc2)cc1)C(F)(F)F. The highest BCUT2D eigenvalue weighted by atomic mass is 19.4. The highest BCUT2D eigenvalue weighted by Gasteiger charge is 2.38. The quantitative estimate of drug-likeness (QED) is 0.230. The van der Waals surface area contributed by atoms with Crippen molar-refractivity contribution < 1.29 is 35.9 Å². The summed E-state index contributed by atoms with van der Waals surface area (Å²) < 4.78 is 74.0. The first-order valence-electron chi connectivity index (χ1n) is 10.2. The van der Waals surface area contributed by atoms with Crippen LogP contribution in [0.5, 0.6) is 0 Å². The van der Waals surface area contributed by atoms with Gasteiger partial charge in [-0.3, -0.25) is 9.59 Å². The highest BCUT2D eigenvalue weighted by Crippen LogP contribution is 2.25. The molecule has 0 fully saturated rings. The van der Waals surface area contributed by atoms with Gasteiger partial charge in [-0.2, -0.15) is 46.8 Å². The van der Waals surface area contributed by atoms with E-state index in [0.29, 0.717) is 22.7 Å². The molecule has 0 N–H and O–H groups in total. The van der Waals surface area contributed by atoms with E-state index in [4.69, 9.17) is 0 Å². The van der Waals surface area contributed by atoms with Gasteiger partial charge < -0.3 is 0 Å². The van der Waals surface area contributed by atoms with E-state index in [2.05, 4.69) is 20.5 Å². The number of carbonyl (C=O) groups excluding carboxylic acids is 2. The van der Waals surface area contributed by atoms with Gasteiger partial charge >= 0.3 is 12.4 Å². The summed E-state index contributed by atoms with van der Waals surface area (Å²) in [5, 5.41) is 16.0. The molecule has 0 aliphatic carbocycles. The predicted molar refractivity (Wildman–Crippen MR) is 117 cm³/mol. The Hall–Kier alpha value is -4.22. The molecule has 0 atom stereocenters. The zero-order valence-electron chi connectivity index (χ0n) is 18.2. The topological polar surface area (TPSA) is 83.6 Å². The van der Waals surface area contributed by atoms with Crippen LogP contribution in [0.3, 0.4) is 0 Å². The lowest BCUT2D eigenvalue weighted by atomic mass is 10.1. The van der Waals surface area contributed by atoms with E-state index in [9.17, 15) is 35.9 Å². The van der Waals surface area contributed by atoms with E-state index in [0.717, 1.165) is 0 Å². The summed E-state index contributed by atoms with van der Waals surface area (Å²) in [4.78, 5) is 22.1. The van der Waals surface area contributed by atoms with Gasteiger partial charge in [0.15, 0.2) is 0 Å². The first-order chi connectivity index (χ1) is 16.9. The molecule has 0 aliphatic heterocycles. The largest absolute Gasteiger partial charge is 0.450 e. The maximum absolute atomic E-state index is 12.3. The minimum absolute atomic E-state index is 0.204. The molecule has 0 spiro atoms. The molecule has 36 heavy (non-hydrogen) atoms. The highest BCUT2D eigenvalue weighted by molar-refractivity contribution is 5.86. The molecule has 6 nitrogen and oxygen atoms in total. The van der Waals surface area contributed by atoms with Crippen LogP contribution in [0.15, 0.2) is 93.3 Å². The number of hydrogen-bond donors (Lipinski definition) is 0. The maximum Gasteiger partial charge on any atom is 0.450 e. The van der Waals surface area contributed by atoms with Gasteiger partial charge in [0.1, 0.15) is 0 Å². The van der Waals surface area contributed by atoms with Crippen molar-refractivity contribution in [2.45, 2.75) is 25.2 Å². The molecule has 0 saturated heterocycles. The van der Waals surface area contributed by atoms with Crippen LogP contribution in [0.1, 0.15) is 11.1 Å². The lowest BCUT2D eigenvalue weighted by Gasteiger charge is -2.05. The van der Waals surface area contributed by atoms with Gasteiger partial charge in [0.05, 0.1) is 22.7 Å². The van der Waals surface area contributed by atoms with Crippen LogP contribution in [-0.2, 0) is 22.4 Å². The first-order valence-corrected chi connectivity index (χ1v) is 10.2. The van der Waals surface area contributed by atoms with Gasteiger partial charge in [0.2, 0.25) is 11.6 Å². The molecule has 3 aromatic carbocycles. The Morgan fingerprint density at radius 3 is 0.917 bits per heavy atom. The van der Waals surface area contributed by atoms with Crippen molar-refractivity contribution in [3.05, 3.63) is 83.9 Å². The smallest absolute Gasteiger partial charge is 0.289 e. The van der Waals surface area contributed by atoms with Crippen LogP contribution in [0.2, 0.25) is 0 Å². The molecule has 3 aromatic rings. The van der Waals surface area contributed by atoms with Gasteiger partial charge in [0.25, 0.3) is 0 Å². The normalized spacial score (nSPS) is 12.4. The van der Waals surface area contributed by atoms with Crippen LogP contribution in [-0.4, -0.2) is 23.9 Å². The lowest BCUT2D eigenvalue weighted by Crippen LogP contribution is -2.24. The number of ketones is 2. The Kier molecular flexibility index (Phi) is 8.07. The van der Waals surface area contributed by atoms with E-state index < -0.39 is 36.8 Å². The number of alkyl halides is 6. The number of hydrogen-bond acceptors (Lipinski definition) is 6. The number of rotatable bonds is 8. The van der Waals surface area contributed by atoms with Crippen LogP contribution in [0.4, 0.5) is 49.1 Å². The van der Waals surface area contributed by atoms with E-state index in [1.54, 1.807) is 24.3 Å². The Labute approximate surface area is 200 Å². The molecular weight excluding hydrogens is 490 g/mol. The van der Waals surface area contributed by atoms with Gasteiger partial charge in [-0.15, -0.1) is 0 Å². The molecule has 0 saturated carbocycles. The Morgan fingerprint density at radius 1 is 0.472 bits per heavy atom. The fourth-order valence-electron chi connectivity index (χ4n) is 2.75. The van der Waals surface area contributed by atoms with Gasteiger partial charge in [0, 0.05) is 12.8 Å². The molecule has 0 amide bonds. The number of azo groups is 2. The summed E-state index contributed by atoms with van der Waals surface area (Å²) in [6.07, 6.45) is -11.3. The Bertz CT molecular complexity index is 1160. The second-order valence-electron chi connectivity index (χ2n) is 7.44. The second kappa shape index (κ2) is 11.0. The predicted octanol–water partition coefficient (Wildman–Crippen LogP) is 7.87. The van der Waals surface area contributed by atoms with Gasteiger partial charge in [-0.05, 0) is 59.7 Å². The fraction of sp³-hybridized carbons (Fsp3) is 0.167. The van der Waals surface area contributed by atoms with Gasteiger partial charge in [-0.25, -0.2) is 0 Å². The molecule has 12 heteroatoms. The summed E-state index contributed by atoms with van der Waals surface area (Å²) in [7, 11) is 0. The fourth-order valence-corrected chi connectivity index (χ4v) is 2.75. The zero-order valence-corrected chi connectivity index (χ0v) is 18.2. The van der Waals surface area contributed by atoms with Crippen molar-refractivity contribution >= 4 is 34.3 Å². The number of nitrogens with zero attached hydrogens (tertiary/aromatic N) is 4. The van der Waals surface area contributed by atoms with Crippen LogP contribution in [0.25, 0.3) is 0 Å². The zero-order chi connectivity index (χ0) is 26.3. The van der Waals surface area contributed by atoms with Crippen LogP contribution >= 0.6 is 0 Å². The molecular formula is C24H16F6N4O2. The van der Waals surface area contributed by atoms with E-state index in [-0.39, 0.29) is 11.1 Å². The minimum Gasteiger partial charge on any atom is -0.289 e. The van der Waals surface area contributed by atoms with Crippen molar-refractivity contribution in [2.24, 2.45) is 20.5 Å². The summed E-state index contributed by atoms with van der Waals surface area (Å²) in [5.41, 5.74) is 2.09. The lowest BCUT2D eigenvalue weighted by molar-refractivity contribution is -0.170. The van der Waals surface area contributed by atoms with Gasteiger partial charge in [-0.1, -0.05) is 24.3 Å². The van der Waals surface area contributed by atoms with Crippen molar-refractivity contribution in [1.82, 2.24) is 0 Å². The average molecular weight is 506 g/mol. The molecule has 0 aliphatic rings. The number of carbonyl (C=O) groups is 2. The molecule has 0 unspecified atom stereocenters. The van der Waals surface area contributed by atoms with Crippen molar-refractivity contribution in [3.8, 4) is 0 Å². The molecule has 186 valence electrons. The third-order valence-electron chi connectivity index (χ3n) is 4.65. The molecule has 0 heterocycles. The molecule has 0 bridgehead atoms. The average Bonchev–Trinajstić information content (AvgIpc) is 2.82. The third kappa shape index (κ3) is 7.93. The summed E-state index contributed by atoms with van der Waals surface area (Å²) >= 11 is 0. The molecule has 3 rings (SSSR count). The van der Waals surface area contributed by atoms with E-state index >= 15 is 0 Å². The monoisotopic (exact) mass is 506 g/mol. The number of Topliss-reactive ketones (excluding diaryl/α,β-unsaturated/α-hetero) is 2. The second-order valence-corrected chi connectivity index (χ2v) is 7.44. The summed E-state index contributed by atoms with van der Waals surface area (Å²) in [5.74, 6) is -3.66. The molecule has 0 radical (unpaired) electrons. The Balaban J connectivity index is 1.56. The third-order valence-corrected chi connectivity index (χ3v) is 4.65. The van der Waals surface area contributed by atoms with Crippen LogP contribution in [0, 0.1) is 0 Å². The van der Waals surface area contributed by atoms with Crippen LogP contribution < -0.4 is 0 Å². The standard InChI is InChI=1S/C24H16F6N4O2/c25-23(26,27)21(35)13-15-1-5-17(6-2-15)31-33-19-9-11-20(12-10-19)34-32-18-7-3-16(4-8-18)14-22(36)24(28,29)30/h1-12H,13-14H2.